The van der Waals surface area contributed by atoms with Gasteiger partial charge < -0.3 is 4.98 Å². The molecule has 2 aromatic heterocycles. The van der Waals surface area contributed by atoms with E-state index in [1.54, 1.807) is 0 Å². The summed E-state index contributed by atoms with van der Waals surface area (Å²) in [5, 5.41) is 0.741. The van der Waals surface area contributed by atoms with Crippen molar-refractivity contribution in [2.24, 2.45) is 0 Å². The SMILES string of the molecule is O=c1[nH]c2ccc1cc2. The third kappa shape index (κ3) is 0.528. The zero-order valence-electron chi connectivity index (χ0n) is 4.72. The normalized spacial score (nSPS) is 10.7. The van der Waals surface area contributed by atoms with Crippen molar-refractivity contribution in [3.05, 3.63) is 34.6 Å². The Bertz CT molecular complexity index is 343. The summed E-state index contributed by atoms with van der Waals surface area (Å²) in [4.78, 5) is 13.5. The topological polar surface area (TPSA) is 32.9 Å². The highest BCUT2D eigenvalue weighted by atomic mass is 16.1. The van der Waals surface area contributed by atoms with Gasteiger partial charge in [0.2, 0.25) is 0 Å². The van der Waals surface area contributed by atoms with E-state index < -0.39 is 0 Å². The number of aromatic amines is 1. The highest BCUT2D eigenvalue weighted by molar-refractivity contribution is 5.62. The van der Waals surface area contributed by atoms with Crippen molar-refractivity contribution in [2.45, 2.75) is 0 Å². The van der Waals surface area contributed by atoms with Crippen LogP contribution in [0.5, 0.6) is 0 Å². The lowest BCUT2D eigenvalue weighted by Crippen LogP contribution is -2.05. The molecule has 2 heteroatoms. The van der Waals surface area contributed by atoms with Crippen LogP contribution in [0.25, 0.3) is 10.9 Å². The van der Waals surface area contributed by atoms with E-state index in [0.29, 0.717) is 0 Å². The van der Waals surface area contributed by atoms with Gasteiger partial charge in [0.05, 0.1) is 0 Å². The Morgan fingerprint density at radius 2 is 1.78 bits per heavy atom. The third-order valence-corrected chi connectivity index (χ3v) is 1.40. The van der Waals surface area contributed by atoms with Crippen LogP contribution in [0.4, 0.5) is 0 Å². The molecule has 0 fully saturated rings. The first-order valence-corrected chi connectivity index (χ1v) is 2.78. The van der Waals surface area contributed by atoms with Crippen LogP contribution in [-0.2, 0) is 0 Å². The first-order valence-electron chi connectivity index (χ1n) is 2.78. The molecule has 0 atom stereocenters. The minimum atomic E-state index is 0.00926. The maximum Gasteiger partial charge on any atom is 0.255 e. The van der Waals surface area contributed by atoms with Gasteiger partial charge in [-0.2, -0.15) is 0 Å². The van der Waals surface area contributed by atoms with E-state index in [9.17, 15) is 4.79 Å². The van der Waals surface area contributed by atoms with E-state index in [2.05, 4.69) is 4.98 Å². The van der Waals surface area contributed by atoms with Gasteiger partial charge in [-0.25, -0.2) is 0 Å². The minimum Gasteiger partial charge on any atom is -0.322 e. The molecule has 2 nitrogen and oxygen atoms in total. The first-order chi connectivity index (χ1) is 4.36. The average Bonchev–Trinajstić information content (AvgIpc) is 1.90. The van der Waals surface area contributed by atoms with Gasteiger partial charge in [-0.1, -0.05) is 0 Å². The first kappa shape index (κ1) is 4.56. The van der Waals surface area contributed by atoms with Crippen molar-refractivity contribution >= 4 is 10.9 Å². The molecule has 0 aliphatic carbocycles. The summed E-state index contributed by atoms with van der Waals surface area (Å²) < 4.78 is 0. The van der Waals surface area contributed by atoms with Gasteiger partial charge in [-0.05, 0) is 24.3 Å². The van der Waals surface area contributed by atoms with Crippen LogP contribution < -0.4 is 5.56 Å². The lowest BCUT2D eigenvalue weighted by molar-refractivity contribution is 1.31. The van der Waals surface area contributed by atoms with E-state index in [0.717, 1.165) is 10.9 Å². The number of nitrogens with one attached hydrogen (secondary N) is 1. The number of fused-ring (bicyclic) bond motifs is 3. The summed E-state index contributed by atoms with van der Waals surface area (Å²) in [7, 11) is 0. The molecule has 0 unspecified atom stereocenters. The number of hydrogen-bond donors (Lipinski definition) is 1. The van der Waals surface area contributed by atoms with Gasteiger partial charge in [0.15, 0.2) is 0 Å². The van der Waals surface area contributed by atoms with Gasteiger partial charge in [0, 0.05) is 10.9 Å². The number of aromatic nitrogens is 1. The van der Waals surface area contributed by atoms with Gasteiger partial charge in [0.1, 0.15) is 0 Å². The molecule has 0 saturated carbocycles. The molecule has 3 aromatic rings. The van der Waals surface area contributed by atoms with Crippen molar-refractivity contribution in [1.82, 2.24) is 4.98 Å². The average molecular weight is 119 g/mol. The number of pyridine rings is 2. The number of benzene rings is 1. The number of H-pyrrole nitrogens is 1. The Kier molecular flexibility index (Phi) is 0.681. The van der Waals surface area contributed by atoms with Crippen LogP contribution >= 0.6 is 0 Å². The molecule has 1 N–H and O–H groups in total. The van der Waals surface area contributed by atoms with Gasteiger partial charge in [0.25, 0.3) is 5.56 Å². The molecule has 2 heterocycles. The fraction of sp³-hybridized carbons (Fsp3) is 0. The van der Waals surface area contributed by atoms with Gasteiger partial charge in [-0.15, -0.1) is 0 Å². The molecule has 0 aliphatic rings. The number of rotatable bonds is 0. The molecular formula is C7H5NO. The van der Waals surface area contributed by atoms with Crippen molar-refractivity contribution < 1.29 is 0 Å². The highest BCUT2D eigenvalue weighted by Crippen LogP contribution is 2.01. The van der Waals surface area contributed by atoms with Crippen molar-refractivity contribution in [3.8, 4) is 0 Å². The molecule has 3 rings (SSSR count). The summed E-state index contributed by atoms with van der Waals surface area (Å²) in [6.45, 7) is 0. The van der Waals surface area contributed by atoms with E-state index >= 15 is 0 Å². The Hall–Kier alpha value is -1.31. The molecular weight excluding hydrogens is 114 g/mol. The quantitative estimate of drug-likeness (QED) is 0.550. The summed E-state index contributed by atoms with van der Waals surface area (Å²) in [5.41, 5.74) is 0.894. The summed E-state index contributed by atoms with van der Waals surface area (Å²) in [5.74, 6) is 0. The van der Waals surface area contributed by atoms with Crippen LogP contribution in [-0.4, -0.2) is 4.98 Å². The predicted molar refractivity (Wildman–Crippen MR) is 35.8 cm³/mol. The van der Waals surface area contributed by atoms with Crippen LogP contribution in [0, 0.1) is 0 Å². The van der Waals surface area contributed by atoms with Crippen molar-refractivity contribution in [3.63, 3.8) is 0 Å². The maximum absolute atomic E-state index is 10.8. The summed E-state index contributed by atoms with van der Waals surface area (Å²) in [6.07, 6.45) is 0. The van der Waals surface area contributed by atoms with Gasteiger partial charge in [-0.3, -0.25) is 4.79 Å². The lowest BCUT2D eigenvalue weighted by Gasteiger charge is -1.93. The Balaban J connectivity index is 3.16. The van der Waals surface area contributed by atoms with Crippen LogP contribution in [0.2, 0.25) is 0 Å². The largest absolute Gasteiger partial charge is 0.322 e. The van der Waals surface area contributed by atoms with Crippen molar-refractivity contribution in [1.29, 1.82) is 0 Å². The second-order valence-electron chi connectivity index (χ2n) is 2.03. The molecule has 0 saturated heterocycles. The predicted octanol–water partition coefficient (Wildman–Crippen LogP) is 0.966. The smallest absolute Gasteiger partial charge is 0.255 e. The molecule has 0 aliphatic heterocycles. The third-order valence-electron chi connectivity index (χ3n) is 1.40. The van der Waals surface area contributed by atoms with E-state index in [4.69, 9.17) is 0 Å². The Morgan fingerprint density at radius 3 is 2.00 bits per heavy atom. The fourth-order valence-corrected chi connectivity index (χ4v) is 0.908. The molecule has 0 radical (unpaired) electrons. The summed E-state index contributed by atoms with van der Waals surface area (Å²) >= 11 is 0. The second-order valence-corrected chi connectivity index (χ2v) is 2.03. The molecule has 0 spiro atoms. The standard InChI is InChI=1S/C7H5NO/c9-7-5-1-3-6(8-7)4-2-5/h1-4H,(H,8,9). The highest BCUT2D eigenvalue weighted by Gasteiger charge is 1.92. The molecule has 0 amide bonds. The van der Waals surface area contributed by atoms with E-state index in [1.165, 1.54) is 0 Å². The molecule has 2 bridgehead atoms. The van der Waals surface area contributed by atoms with E-state index in [-0.39, 0.29) is 5.56 Å². The molecule has 1 aromatic carbocycles. The zero-order chi connectivity index (χ0) is 6.27. The number of hydrogen-bond acceptors (Lipinski definition) is 1. The maximum atomic E-state index is 10.8. The Morgan fingerprint density at radius 1 is 1.11 bits per heavy atom. The summed E-state index contributed by atoms with van der Waals surface area (Å²) in [6, 6.07) is 7.40. The van der Waals surface area contributed by atoms with Gasteiger partial charge >= 0.3 is 0 Å². The van der Waals surface area contributed by atoms with E-state index in [1.807, 2.05) is 24.3 Å². The van der Waals surface area contributed by atoms with Crippen molar-refractivity contribution in [2.75, 3.05) is 0 Å². The Labute approximate surface area is 51.5 Å². The van der Waals surface area contributed by atoms with Crippen LogP contribution in [0.3, 0.4) is 0 Å². The lowest BCUT2D eigenvalue weighted by atomic mass is 10.2. The molecule has 44 valence electrons. The van der Waals surface area contributed by atoms with Crippen LogP contribution in [0.1, 0.15) is 0 Å². The minimum absolute atomic E-state index is 0.00926. The molecule has 9 heavy (non-hydrogen) atoms. The fourth-order valence-electron chi connectivity index (χ4n) is 0.908. The van der Waals surface area contributed by atoms with Crippen LogP contribution in [0.15, 0.2) is 29.1 Å². The zero-order valence-corrected chi connectivity index (χ0v) is 4.72. The second kappa shape index (κ2) is 1.35. The monoisotopic (exact) mass is 119 g/mol.